The smallest absolute Gasteiger partial charge is 0.336 e. The Morgan fingerprint density at radius 1 is 1.00 bits per heavy atom. The lowest BCUT2D eigenvalue weighted by atomic mass is 10.00. The van der Waals surface area contributed by atoms with Crippen molar-refractivity contribution in [3.8, 4) is 5.75 Å². The van der Waals surface area contributed by atoms with Crippen LogP contribution in [-0.4, -0.2) is 12.5 Å². The third-order valence-electron chi connectivity index (χ3n) is 4.63. The molecule has 0 fully saturated rings. The van der Waals surface area contributed by atoms with Crippen LogP contribution in [0.5, 0.6) is 5.75 Å². The normalized spacial score (nSPS) is 12.0. The van der Waals surface area contributed by atoms with E-state index in [0.717, 1.165) is 21.7 Å². The van der Waals surface area contributed by atoms with Crippen LogP contribution in [0.25, 0.3) is 21.7 Å². The van der Waals surface area contributed by atoms with Crippen LogP contribution >= 0.6 is 0 Å². The number of hydrogen-bond donors (Lipinski definition) is 1. The summed E-state index contributed by atoms with van der Waals surface area (Å²) in [7, 11) is 0. The van der Waals surface area contributed by atoms with Gasteiger partial charge in [-0.1, -0.05) is 42.5 Å². The summed E-state index contributed by atoms with van der Waals surface area (Å²) in [6, 6.07) is 22.2. The second-order valence-corrected chi connectivity index (χ2v) is 6.60. The molecule has 0 spiro atoms. The molecule has 5 nitrogen and oxygen atoms in total. The Bertz CT molecular complexity index is 1210. The number of carbonyl (C=O) groups is 1. The van der Waals surface area contributed by atoms with E-state index >= 15 is 0 Å². The molecule has 140 valence electrons. The van der Waals surface area contributed by atoms with Gasteiger partial charge in [-0.3, -0.25) is 4.79 Å². The van der Waals surface area contributed by atoms with Gasteiger partial charge in [-0.25, -0.2) is 4.79 Å². The number of carbonyl (C=O) groups excluding carboxylic acids is 1. The molecule has 0 saturated carbocycles. The zero-order valence-electron chi connectivity index (χ0n) is 15.3. The highest BCUT2D eigenvalue weighted by Gasteiger charge is 2.13. The first-order chi connectivity index (χ1) is 13.6. The number of rotatable bonds is 5. The van der Waals surface area contributed by atoms with Gasteiger partial charge in [-0.05, 0) is 41.5 Å². The molecule has 0 radical (unpaired) electrons. The van der Waals surface area contributed by atoms with Crippen molar-refractivity contribution in [2.45, 2.75) is 13.0 Å². The van der Waals surface area contributed by atoms with Gasteiger partial charge >= 0.3 is 5.63 Å². The molecule has 3 aromatic carbocycles. The van der Waals surface area contributed by atoms with Crippen molar-refractivity contribution >= 4 is 27.6 Å². The Hall–Kier alpha value is -3.60. The zero-order chi connectivity index (χ0) is 19.5. The molecule has 1 heterocycles. The van der Waals surface area contributed by atoms with E-state index < -0.39 is 5.63 Å². The first-order valence-corrected chi connectivity index (χ1v) is 9.04. The van der Waals surface area contributed by atoms with Crippen molar-refractivity contribution in [3.05, 3.63) is 88.8 Å². The largest absolute Gasteiger partial charge is 0.484 e. The number of nitrogens with one attached hydrogen (secondary N) is 1. The van der Waals surface area contributed by atoms with Crippen LogP contribution in [-0.2, 0) is 4.79 Å². The third kappa shape index (κ3) is 3.74. The van der Waals surface area contributed by atoms with Crippen molar-refractivity contribution in [1.82, 2.24) is 5.32 Å². The van der Waals surface area contributed by atoms with Crippen molar-refractivity contribution in [2.24, 2.45) is 0 Å². The van der Waals surface area contributed by atoms with Crippen LogP contribution in [0, 0.1) is 0 Å². The SMILES string of the molecule is CC(NC(=O)COc1ccc2ccc(=O)oc2c1)c1cccc2ccccc12. The summed E-state index contributed by atoms with van der Waals surface area (Å²) in [6.45, 7) is 1.82. The molecule has 1 atom stereocenters. The van der Waals surface area contributed by atoms with E-state index in [2.05, 4.69) is 17.4 Å². The Morgan fingerprint density at radius 3 is 2.68 bits per heavy atom. The topological polar surface area (TPSA) is 68.5 Å². The van der Waals surface area contributed by atoms with Crippen molar-refractivity contribution in [3.63, 3.8) is 0 Å². The first-order valence-electron chi connectivity index (χ1n) is 9.04. The summed E-state index contributed by atoms with van der Waals surface area (Å²) in [6.07, 6.45) is 0. The lowest BCUT2D eigenvalue weighted by molar-refractivity contribution is -0.123. The number of amides is 1. The highest BCUT2D eigenvalue weighted by atomic mass is 16.5. The van der Waals surface area contributed by atoms with Crippen LogP contribution in [0.2, 0.25) is 0 Å². The molecule has 1 aromatic heterocycles. The summed E-state index contributed by atoms with van der Waals surface area (Å²) >= 11 is 0. The molecule has 0 bridgehead atoms. The van der Waals surface area contributed by atoms with Gasteiger partial charge in [-0.2, -0.15) is 0 Å². The van der Waals surface area contributed by atoms with Crippen molar-refractivity contribution < 1.29 is 13.9 Å². The second-order valence-electron chi connectivity index (χ2n) is 6.60. The summed E-state index contributed by atoms with van der Waals surface area (Å²) in [5.41, 5.74) is 1.06. The van der Waals surface area contributed by atoms with E-state index in [0.29, 0.717) is 11.3 Å². The molecular weight excluding hydrogens is 354 g/mol. The monoisotopic (exact) mass is 373 g/mol. The minimum absolute atomic E-state index is 0.127. The van der Waals surface area contributed by atoms with Crippen LogP contribution in [0.15, 0.2) is 82.0 Å². The molecule has 4 aromatic rings. The number of benzene rings is 3. The molecule has 0 aliphatic carbocycles. The Labute approximate surface area is 161 Å². The molecule has 5 heteroatoms. The van der Waals surface area contributed by atoms with E-state index in [4.69, 9.17) is 9.15 Å². The average Bonchev–Trinajstić information content (AvgIpc) is 2.71. The average molecular weight is 373 g/mol. The molecule has 4 rings (SSSR count). The maximum atomic E-state index is 12.3. The predicted molar refractivity (Wildman–Crippen MR) is 108 cm³/mol. The molecular formula is C23H19NO4. The minimum Gasteiger partial charge on any atom is -0.484 e. The minimum atomic E-state index is -0.425. The van der Waals surface area contributed by atoms with Gasteiger partial charge in [0.05, 0.1) is 6.04 Å². The Morgan fingerprint density at radius 2 is 1.79 bits per heavy atom. The lowest BCUT2D eigenvalue weighted by Gasteiger charge is -2.17. The molecule has 1 amide bonds. The molecule has 0 aliphatic heterocycles. The Kier molecular flexibility index (Phi) is 4.81. The highest BCUT2D eigenvalue weighted by Crippen LogP contribution is 2.24. The van der Waals surface area contributed by atoms with E-state index in [1.165, 1.54) is 6.07 Å². The van der Waals surface area contributed by atoms with Crippen molar-refractivity contribution in [1.29, 1.82) is 0 Å². The molecule has 1 N–H and O–H groups in total. The van der Waals surface area contributed by atoms with Gasteiger partial charge in [-0.15, -0.1) is 0 Å². The maximum Gasteiger partial charge on any atom is 0.336 e. The van der Waals surface area contributed by atoms with E-state index in [1.54, 1.807) is 24.3 Å². The summed E-state index contributed by atoms with van der Waals surface area (Å²) in [5, 5.41) is 6.01. The molecule has 1 unspecified atom stereocenters. The van der Waals surface area contributed by atoms with Crippen LogP contribution in [0.3, 0.4) is 0 Å². The van der Waals surface area contributed by atoms with Gasteiger partial charge in [0, 0.05) is 17.5 Å². The highest BCUT2D eigenvalue weighted by molar-refractivity contribution is 5.87. The summed E-state index contributed by atoms with van der Waals surface area (Å²) in [5.74, 6) is 0.241. The standard InChI is InChI=1S/C23H19NO4/c1-15(19-8-4-6-16-5-2-3-7-20(16)19)24-22(25)14-27-18-11-9-17-10-12-23(26)28-21(17)13-18/h2-13,15H,14H2,1H3,(H,24,25). The number of hydrogen-bond acceptors (Lipinski definition) is 4. The van der Waals surface area contributed by atoms with E-state index in [1.807, 2.05) is 37.3 Å². The quantitative estimate of drug-likeness (QED) is 0.532. The van der Waals surface area contributed by atoms with Gasteiger partial charge in [0.15, 0.2) is 6.61 Å². The van der Waals surface area contributed by atoms with E-state index in [-0.39, 0.29) is 18.6 Å². The van der Waals surface area contributed by atoms with Gasteiger partial charge in [0.1, 0.15) is 11.3 Å². The van der Waals surface area contributed by atoms with Crippen molar-refractivity contribution in [2.75, 3.05) is 6.61 Å². The second kappa shape index (κ2) is 7.56. The van der Waals surface area contributed by atoms with Gasteiger partial charge in [0.25, 0.3) is 5.91 Å². The molecule has 0 aliphatic rings. The van der Waals surface area contributed by atoms with Crippen LogP contribution < -0.4 is 15.7 Å². The fraction of sp³-hybridized carbons (Fsp3) is 0.130. The summed E-state index contributed by atoms with van der Waals surface area (Å²) < 4.78 is 10.7. The summed E-state index contributed by atoms with van der Waals surface area (Å²) in [4.78, 5) is 23.7. The van der Waals surface area contributed by atoms with E-state index in [9.17, 15) is 9.59 Å². The zero-order valence-corrected chi connectivity index (χ0v) is 15.3. The van der Waals surface area contributed by atoms with Gasteiger partial charge < -0.3 is 14.5 Å². The fourth-order valence-corrected chi connectivity index (χ4v) is 3.27. The molecule has 0 saturated heterocycles. The number of fused-ring (bicyclic) bond motifs is 2. The van der Waals surface area contributed by atoms with Crippen LogP contribution in [0.1, 0.15) is 18.5 Å². The predicted octanol–water partition coefficient (Wildman–Crippen LogP) is 4.20. The first kappa shape index (κ1) is 17.8. The number of ether oxygens (including phenoxy) is 1. The van der Waals surface area contributed by atoms with Crippen LogP contribution in [0.4, 0.5) is 0 Å². The Balaban J connectivity index is 1.43. The fourth-order valence-electron chi connectivity index (χ4n) is 3.27. The molecule has 28 heavy (non-hydrogen) atoms. The maximum absolute atomic E-state index is 12.3. The lowest BCUT2D eigenvalue weighted by Crippen LogP contribution is -2.31. The third-order valence-corrected chi connectivity index (χ3v) is 4.63. The van der Waals surface area contributed by atoms with Gasteiger partial charge in [0.2, 0.25) is 0 Å².